The van der Waals surface area contributed by atoms with Crippen LogP contribution in [0.15, 0.2) is 44.4 Å². The summed E-state index contributed by atoms with van der Waals surface area (Å²) >= 11 is 9.08. The number of unbranched alkanes of at least 4 members (excludes halogenated alkanes) is 1. The summed E-state index contributed by atoms with van der Waals surface area (Å²) in [7, 11) is 0. The summed E-state index contributed by atoms with van der Waals surface area (Å²) in [5.74, 6) is 0.943. The maximum absolute atomic E-state index is 12.8. The summed E-state index contributed by atoms with van der Waals surface area (Å²) in [6, 6.07) is 7.43. The average molecular weight is 448 g/mol. The predicted molar refractivity (Wildman–Crippen MR) is 118 cm³/mol. The van der Waals surface area contributed by atoms with E-state index < -0.39 is 0 Å². The molecule has 0 spiro atoms. The molecule has 2 N–H and O–H groups in total. The lowest BCUT2D eigenvalue weighted by molar-refractivity contribution is 0.573. The highest BCUT2D eigenvalue weighted by molar-refractivity contribution is 7.98. The van der Waals surface area contributed by atoms with E-state index in [1.807, 2.05) is 23.6 Å². The van der Waals surface area contributed by atoms with Crippen LogP contribution in [0, 0.1) is 0 Å². The Morgan fingerprint density at radius 3 is 2.86 bits per heavy atom. The first-order chi connectivity index (χ1) is 14.1. The van der Waals surface area contributed by atoms with E-state index in [-0.39, 0.29) is 11.2 Å². The van der Waals surface area contributed by atoms with Crippen LogP contribution in [0.2, 0.25) is 5.02 Å². The number of thiophene rings is 1. The van der Waals surface area contributed by atoms with Crippen molar-refractivity contribution in [1.29, 1.82) is 0 Å². The summed E-state index contributed by atoms with van der Waals surface area (Å²) in [4.78, 5) is 32.8. The Balaban J connectivity index is 1.62. The standard InChI is InChI=1S/C19H18ClN5O2S2/c1-2-3-8-25-18(27)23-24-19(25)29-10-14-21-16(26)15-12(9-28-17(15)22-14)11-6-4-5-7-13(11)20/h4-7,9H,2-3,8,10H2,1H3,(H,23,27)(H,21,22,26). The van der Waals surface area contributed by atoms with Gasteiger partial charge in [0.15, 0.2) is 5.16 Å². The number of H-pyrrole nitrogens is 2. The number of benzene rings is 1. The molecule has 1 aromatic carbocycles. The SMILES string of the molecule is CCCCn1c(SCc2nc3scc(-c4ccccc4Cl)c3c(=O)[nH]2)n[nH]c1=O. The van der Waals surface area contributed by atoms with Crippen LogP contribution in [-0.2, 0) is 12.3 Å². The third kappa shape index (κ3) is 4.03. The van der Waals surface area contributed by atoms with Gasteiger partial charge >= 0.3 is 5.69 Å². The lowest BCUT2D eigenvalue weighted by atomic mass is 10.1. The third-order valence-electron chi connectivity index (χ3n) is 4.45. The average Bonchev–Trinajstić information content (AvgIpc) is 3.29. The number of thioether (sulfide) groups is 1. The molecule has 0 radical (unpaired) electrons. The van der Waals surface area contributed by atoms with Crippen LogP contribution in [0.3, 0.4) is 0 Å². The van der Waals surface area contributed by atoms with Crippen LogP contribution in [0.1, 0.15) is 25.6 Å². The zero-order valence-electron chi connectivity index (χ0n) is 15.6. The molecule has 7 nitrogen and oxygen atoms in total. The van der Waals surface area contributed by atoms with E-state index in [9.17, 15) is 9.59 Å². The fourth-order valence-corrected chi connectivity index (χ4v) is 5.04. The van der Waals surface area contributed by atoms with Crippen molar-refractivity contribution in [2.24, 2.45) is 0 Å². The van der Waals surface area contributed by atoms with Gasteiger partial charge in [0.1, 0.15) is 10.7 Å². The van der Waals surface area contributed by atoms with Gasteiger partial charge in [-0.1, -0.05) is 54.9 Å². The molecule has 0 amide bonds. The molecular weight excluding hydrogens is 430 g/mol. The molecule has 4 aromatic rings. The first-order valence-corrected chi connectivity index (χ1v) is 11.4. The molecule has 0 bridgehead atoms. The molecule has 0 saturated heterocycles. The highest BCUT2D eigenvalue weighted by Gasteiger charge is 2.16. The van der Waals surface area contributed by atoms with Gasteiger partial charge < -0.3 is 4.98 Å². The third-order valence-corrected chi connectivity index (χ3v) is 6.64. The molecule has 3 aromatic heterocycles. The molecule has 4 rings (SSSR count). The van der Waals surface area contributed by atoms with E-state index in [4.69, 9.17) is 11.6 Å². The summed E-state index contributed by atoms with van der Waals surface area (Å²) < 4.78 is 1.62. The number of hydrogen-bond acceptors (Lipinski definition) is 6. The Morgan fingerprint density at radius 1 is 1.24 bits per heavy atom. The Kier molecular flexibility index (Phi) is 5.89. The van der Waals surface area contributed by atoms with E-state index in [0.717, 1.165) is 24.0 Å². The quantitative estimate of drug-likeness (QED) is 0.412. The van der Waals surface area contributed by atoms with E-state index in [0.29, 0.717) is 38.5 Å². The zero-order chi connectivity index (χ0) is 20.4. The minimum Gasteiger partial charge on any atom is -0.309 e. The Hall–Kier alpha value is -2.36. The fourth-order valence-electron chi connectivity index (χ4n) is 3.00. The summed E-state index contributed by atoms with van der Waals surface area (Å²) in [6.45, 7) is 2.68. The van der Waals surface area contributed by atoms with Crippen LogP contribution < -0.4 is 11.2 Å². The Morgan fingerprint density at radius 2 is 2.07 bits per heavy atom. The smallest absolute Gasteiger partial charge is 0.309 e. The minimum absolute atomic E-state index is 0.202. The molecule has 29 heavy (non-hydrogen) atoms. The largest absolute Gasteiger partial charge is 0.343 e. The van der Waals surface area contributed by atoms with Gasteiger partial charge in [-0.2, -0.15) is 0 Å². The lowest BCUT2D eigenvalue weighted by Gasteiger charge is -2.05. The molecule has 3 heterocycles. The maximum atomic E-state index is 12.8. The van der Waals surface area contributed by atoms with Gasteiger partial charge in [-0.05, 0) is 12.5 Å². The number of aromatic amines is 2. The number of nitrogens with zero attached hydrogens (tertiary/aromatic N) is 3. The molecular formula is C19H18ClN5O2S2. The lowest BCUT2D eigenvalue weighted by Crippen LogP contribution is -2.17. The highest BCUT2D eigenvalue weighted by Crippen LogP contribution is 2.35. The van der Waals surface area contributed by atoms with E-state index in [2.05, 4.69) is 27.1 Å². The van der Waals surface area contributed by atoms with Crippen molar-refractivity contribution >= 4 is 44.9 Å². The van der Waals surface area contributed by atoms with Gasteiger partial charge in [0.2, 0.25) is 0 Å². The molecule has 0 saturated carbocycles. The van der Waals surface area contributed by atoms with Crippen LogP contribution in [0.25, 0.3) is 21.3 Å². The number of hydrogen-bond donors (Lipinski definition) is 2. The van der Waals surface area contributed by atoms with Crippen LogP contribution in [0.5, 0.6) is 0 Å². The van der Waals surface area contributed by atoms with Crippen molar-refractivity contribution < 1.29 is 0 Å². The molecule has 0 aliphatic rings. The fraction of sp³-hybridized carbons (Fsp3) is 0.263. The van der Waals surface area contributed by atoms with Crippen molar-refractivity contribution in [2.75, 3.05) is 0 Å². The molecule has 0 fully saturated rings. The molecule has 0 aliphatic carbocycles. The van der Waals surface area contributed by atoms with E-state index in [1.165, 1.54) is 23.1 Å². The van der Waals surface area contributed by atoms with E-state index in [1.54, 1.807) is 10.6 Å². The van der Waals surface area contributed by atoms with Crippen molar-refractivity contribution in [2.45, 2.75) is 37.2 Å². The number of aromatic nitrogens is 5. The van der Waals surface area contributed by atoms with Gasteiger partial charge in [0, 0.05) is 28.1 Å². The van der Waals surface area contributed by atoms with Gasteiger partial charge in [0.25, 0.3) is 5.56 Å². The second-order valence-electron chi connectivity index (χ2n) is 6.43. The molecule has 150 valence electrons. The molecule has 0 atom stereocenters. The van der Waals surface area contributed by atoms with E-state index >= 15 is 0 Å². The highest BCUT2D eigenvalue weighted by atomic mass is 35.5. The monoisotopic (exact) mass is 447 g/mol. The zero-order valence-corrected chi connectivity index (χ0v) is 18.0. The first-order valence-electron chi connectivity index (χ1n) is 9.11. The second-order valence-corrected chi connectivity index (χ2v) is 8.63. The molecule has 0 aliphatic heterocycles. The number of rotatable bonds is 7. The van der Waals surface area contributed by atoms with Crippen molar-refractivity contribution in [3.63, 3.8) is 0 Å². The topological polar surface area (TPSA) is 96.4 Å². The number of nitrogens with one attached hydrogen (secondary N) is 2. The van der Waals surface area contributed by atoms with Crippen molar-refractivity contribution in [3.8, 4) is 11.1 Å². The van der Waals surface area contributed by atoms with Gasteiger partial charge in [-0.25, -0.2) is 14.9 Å². The minimum atomic E-state index is -0.222. The summed E-state index contributed by atoms with van der Waals surface area (Å²) in [5, 5.41) is 10.2. The van der Waals surface area contributed by atoms with Gasteiger partial charge in [-0.3, -0.25) is 9.36 Å². The Bertz CT molecular complexity index is 1270. The predicted octanol–water partition coefficient (Wildman–Crippen LogP) is 4.28. The molecule has 0 unspecified atom stereocenters. The van der Waals surface area contributed by atoms with Crippen molar-refractivity contribution in [3.05, 3.63) is 61.3 Å². The molecule has 10 heteroatoms. The second kappa shape index (κ2) is 8.56. The van der Waals surface area contributed by atoms with Crippen LogP contribution in [0.4, 0.5) is 0 Å². The van der Waals surface area contributed by atoms with Crippen LogP contribution >= 0.6 is 34.7 Å². The normalized spacial score (nSPS) is 11.4. The Labute approximate surface area is 179 Å². The summed E-state index contributed by atoms with van der Waals surface area (Å²) in [5.41, 5.74) is 1.17. The number of fused-ring (bicyclic) bond motifs is 1. The number of halogens is 1. The van der Waals surface area contributed by atoms with Crippen LogP contribution in [-0.4, -0.2) is 24.7 Å². The van der Waals surface area contributed by atoms with Gasteiger partial charge in [0.05, 0.1) is 11.1 Å². The van der Waals surface area contributed by atoms with Crippen molar-refractivity contribution in [1.82, 2.24) is 24.7 Å². The first kappa shape index (κ1) is 19.9. The summed E-state index contributed by atoms with van der Waals surface area (Å²) in [6.07, 6.45) is 1.88. The maximum Gasteiger partial charge on any atom is 0.343 e. The van der Waals surface area contributed by atoms with Gasteiger partial charge in [-0.15, -0.1) is 16.4 Å².